The van der Waals surface area contributed by atoms with E-state index in [1.54, 1.807) is 0 Å². The first kappa shape index (κ1) is 19.4. The van der Waals surface area contributed by atoms with Gasteiger partial charge in [-0.05, 0) is 36.8 Å². The van der Waals surface area contributed by atoms with E-state index in [1.165, 1.54) is 6.34 Å². The lowest BCUT2D eigenvalue weighted by Gasteiger charge is -1.99. The van der Waals surface area contributed by atoms with Gasteiger partial charge >= 0.3 is 0 Å². The van der Waals surface area contributed by atoms with Crippen LogP contribution in [0.4, 0.5) is 11.6 Å². The minimum atomic E-state index is -0.0591. The second kappa shape index (κ2) is 8.62. The average Bonchev–Trinajstić information content (AvgIpc) is 3.07. The van der Waals surface area contributed by atoms with E-state index in [2.05, 4.69) is 35.4 Å². The molecule has 0 aliphatic rings. The maximum Gasteiger partial charge on any atom is 0.271 e. The standard InChI is InChI=1S/C21H16ClN7O/c1-13-17(11-8-14-6-9-15(22)10-7-14)26-21(29-27-13)23-12-24-28-19-16-4-2-3-5-18(16)25-20(19)30/h2-12,25,30H,1H3/b11-8+,23-12+,28-24?. The maximum absolute atomic E-state index is 9.98. The van der Waals surface area contributed by atoms with Gasteiger partial charge in [0.05, 0.1) is 16.9 Å². The summed E-state index contributed by atoms with van der Waals surface area (Å²) in [6.45, 7) is 1.81. The van der Waals surface area contributed by atoms with E-state index in [0.717, 1.165) is 16.5 Å². The second-order valence-electron chi connectivity index (χ2n) is 6.30. The van der Waals surface area contributed by atoms with Crippen LogP contribution in [0.1, 0.15) is 17.0 Å². The van der Waals surface area contributed by atoms with Crippen molar-refractivity contribution >= 4 is 52.6 Å². The molecule has 148 valence electrons. The van der Waals surface area contributed by atoms with Gasteiger partial charge in [-0.15, -0.1) is 20.4 Å². The number of rotatable bonds is 5. The molecule has 2 N–H and O–H groups in total. The summed E-state index contributed by atoms with van der Waals surface area (Å²) in [6, 6.07) is 14.8. The van der Waals surface area contributed by atoms with Gasteiger partial charge < -0.3 is 10.1 Å². The first-order chi connectivity index (χ1) is 14.6. The Morgan fingerprint density at radius 2 is 1.83 bits per heavy atom. The molecule has 0 amide bonds. The molecular formula is C21H16ClN7O. The Labute approximate surface area is 176 Å². The molecule has 0 unspecified atom stereocenters. The quantitative estimate of drug-likeness (QED) is 0.249. The van der Waals surface area contributed by atoms with Crippen LogP contribution in [-0.2, 0) is 0 Å². The number of para-hydroxylation sites is 1. The van der Waals surface area contributed by atoms with Gasteiger partial charge in [-0.1, -0.05) is 48.0 Å². The fourth-order valence-corrected chi connectivity index (χ4v) is 2.84. The lowest BCUT2D eigenvalue weighted by Crippen LogP contribution is -1.95. The number of aromatic amines is 1. The van der Waals surface area contributed by atoms with Crippen molar-refractivity contribution < 1.29 is 5.11 Å². The fourth-order valence-electron chi connectivity index (χ4n) is 2.72. The number of aromatic nitrogens is 4. The summed E-state index contributed by atoms with van der Waals surface area (Å²) in [5.41, 5.74) is 3.40. The van der Waals surface area contributed by atoms with Crippen molar-refractivity contribution in [2.45, 2.75) is 6.92 Å². The van der Waals surface area contributed by atoms with Crippen molar-refractivity contribution in [1.82, 2.24) is 20.2 Å². The number of benzene rings is 2. The van der Waals surface area contributed by atoms with Gasteiger partial charge in [-0.2, -0.15) is 4.99 Å². The summed E-state index contributed by atoms with van der Waals surface area (Å²) in [5.74, 6) is 0.0923. The van der Waals surface area contributed by atoms with E-state index >= 15 is 0 Å². The summed E-state index contributed by atoms with van der Waals surface area (Å²) >= 11 is 5.90. The first-order valence-corrected chi connectivity index (χ1v) is 9.36. The van der Waals surface area contributed by atoms with Gasteiger partial charge in [-0.25, -0.2) is 4.98 Å². The number of nitrogens with zero attached hydrogens (tertiary/aromatic N) is 6. The summed E-state index contributed by atoms with van der Waals surface area (Å²) in [6.07, 6.45) is 4.94. The molecule has 9 heteroatoms. The Hall–Kier alpha value is -3.91. The lowest BCUT2D eigenvalue weighted by atomic mass is 10.2. The number of aromatic hydroxyl groups is 1. The molecule has 30 heavy (non-hydrogen) atoms. The largest absolute Gasteiger partial charge is 0.493 e. The van der Waals surface area contributed by atoms with E-state index in [1.807, 2.05) is 67.6 Å². The highest BCUT2D eigenvalue weighted by Crippen LogP contribution is 2.34. The topological polar surface area (TPSA) is 112 Å². The van der Waals surface area contributed by atoms with Crippen molar-refractivity contribution in [3.8, 4) is 5.88 Å². The summed E-state index contributed by atoms with van der Waals surface area (Å²) in [5, 5.41) is 27.3. The third-order valence-electron chi connectivity index (χ3n) is 4.23. The van der Waals surface area contributed by atoms with Crippen LogP contribution in [0.5, 0.6) is 5.88 Å². The number of aryl methyl sites for hydroxylation is 1. The molecule has 0 aliphatic carbocycles. The molecule has 0 spiro atoms. The van der Waals surface area contributed by atoms with E-state index < -0.39 is 0 Å². The Balaban J connectivity index is 1.51. The maximum atomic E-state index is 9.98. The van der Waals surface area contributed by atoms with Crippen LogP contribution in [0.25, 0.3) is 23.1 Å². The number of hydrogen-bond acceptors (Lipinski definition) is 6. The monoisotopic (exact) mass is 417 g/mol. The summed E-state index contributed by atoms with van der Waals surface area (Å²) < 4.78 is 0. The number of fused-ring (bicyclic) bond motifs is 1. The SMILES string of the molecule is Cc1nnc(/N=C/N=Nc2c(O)[nH]c3ccccc23)nc1/C=C/c1ccc(Cl)cc1. The molecule has 0 aliphatic heterocycles. The van der Waals surface area contributed by atoms with Crippen molar-refractivity contribution in [3.05, 3.63) is 70.5 Å². The van der Waals surface area contributed by atoms with Crippen molar-refractivity contribution in [2.24, 2.45) is 15.2 Å². The zero-order valence-corrected chi connectivity index (χ0v) is 16.6. The third kappa shape index (κ3) is 4.39. The molecule has 4 rings (SSSR count). The summed E-state index contributed by atoms with van der Waals surface area (Å²) in [4.78, 5) is 11.3. The van der Waals surface area contributed by atoms with Gasteiger partial charge in [-0.3, -0.25) is 0 Å². The van der Waals surface area contributed by atoms with E-state index in [4.69, 9.17) is 11.6 Å². The van der Waals surface area contributed by atoms with Gasteiger partial charge in [0.15, 0.2) is 5.69 Å². The second-order valence-corrected chi connectivity index (χ2v) is 6.73. The smallest absolute Gasteiger partial charge is 0.271 e. The van der Waals surface area contributed by atoms with Crippen LogP contribution in [0, 0.1) is 6.92 Å². The van der Waals surface area contributed by atoms with Crippen LogP contribution in [0.15, 0.2) is 63.8 Å². The predicted molar refractivity (Wildman–Crippen MR) is 118 cm³/mol. The van der Waals surface area contributed by atoms with Crippen LogP contribution >= 0.6 is 11.6 Å². The molecule has 2 heterocycles. The molecule has 0 fully saturated rings. The average molecular weight is 418 g/mol. The highest BCUT2D eigenvalue weighted by atomic mass is 35.5. The molecular weight excluding hydrogens is 402 g/mol. The summed E-state index contributed by atoms with van der Waals surface area (Å²) in [7, 11) is 0. The van der Waals surface area contributed by atoms with Crippen molar-refractivity contribution in [2.75, 3.05) is 0 Å². The number of aliphatic imine (C=N–C) groups is 1. The number of nitrogens with one attached hydrogen (secondary N) is 1. The number of H-pyrrole nitrogens is 1. The van der Waals surface area contributed by atoms with Gasteiger partial charge in [0.1, 0.15) is 6.34 Å². The Kier molecular flexibility index (Phi) is 5.58. The number of azo groups is 1. The predicted octanol–water partition coefficient (Wildman–Crippen LogP) is 5.63. The number of hydrogen-bond donors (Lipinski definition) is 2. The minimum Gasteiger partial charge on any atom is -0.493 e. The fraction of sp³-hybridized carbons (Fsp3) is 0.0476. The van der Waals surface area contributed by atoms with Gasteiger partial charge in [0, 0.05) is 10.4 Å². The third-order valence-corrected chi connectivity index (χ3v) is 4.48. The van der Waals surface area contributed by atoms with E-state index in [0.29, 0.717) is 22.1 Å². The molecule has 2 aromatic carbocycles. The Morgan fingerprint density at radius 3 is 2.67 bits per heavy atom. The molecule has 8 nitrogen and oxygen atoms in total. The van der Waals surface area contributed by atoms with Gasteiger partial charge in [0.25, 0.3) is 5.95 Å². The first-order valence-electron chi connectivity index (χ1n) is 8.98. The Bertz CT molecular complexity index is 1280. The molecule has 0 radical (unpaired) electrons. The van der Waals surface area contributed by atoms with Crippen molar-refractivity contribution in [1.29, 1.82) is 0 Å². The molecule has 0 bridgehead atoms. The molecule has 0 atom stereocenters. The lowest BCUT2D eigenvalue weighted by molar-refractivity contribution is 0.459. The molecule has 0 saturated heterocycles. The Morgan fingerprint density at radius 1 is 1.03 bits per heavy atom. The zero-order chi connectivity index (χ0) is 20.9. The van der Waals surface area contributed by atoms with Gasteiger partial charge in [0.2, 0.25) is 5.88 Å². The normalized spacial score (nSPS) is 12.1. The van der Waals surface area contributed by atoms with E-state index in [9.17, 15) is 5.11 Å². The van der Waals surface area contributed by atoms with Crippen LogP contribution < -0.4 is 0 Å². The van der Waals surface area contributed by atoms with Crippen molar-refractivity contribution in [3.63, 3.8) is 0 Å². The van der Waals surface area contributed by atoms with E-state index in [-0.39, 0.29) is 11.8 Å². The molecule has 4 aromatic rings. The van der Waals surface area contributed by atoms with Crippen LogP contribution in [-0.4, -0.2) is 31.6 Å². The molecule has 2 aromatic heterocycles. The molecule has 0 saturated carbocycles. The highest BCUT2D eigenvalue weighted by molar-refractivity contribution is 6.30. The van der Waals surface area contributed by atoms with Crippen LogP contribution in [0.3, 0.4) is 0 Å². The number of halogens is 1. The zero-order valence-electron chi connectivity index (χ0n) is 15.9. The minimum absolute atomic E-state index is 0.0591. The van der Waals surface area contributed by atoms with Crippen LogP contribution in [0.2, 0.25) is 5.02 Å². The highest BCUT2D eigenvalue weighted by Gasteiger charge is 2.08.